The molecule has 0 saturated carbocycles. The first-order chi connectivity index (χ1) is 15.5. The molecule has 1 amide bonds. The van der Waals surface area contributed by atoms with E-state index >= 15 is 0 Å². The molecule has 0 atom stereocenters. The third-order valence-corrected chi connectivity index (χ3v) is 5.66. The first-order valence-electron chi connectivity index (χ1n) is 9.67. The van der Waals surface area contributed by atoms with E-state index < -0.39 is 4.92 Å². The smallest absolute Gasteiger partial charge is 0.274 e. The maximum absolute atomic E-state index is 12.4. The van der Waals surface area contributed by atoms with Gasteiger partial charge in [-0.15, -0.1) is 16.8 Å². The highest BCUT2D eigenvalue weighted by atomic mass is 32.2. The maximum atomic E-state index is 12.4. The lowest BCUT2D eigenvalue weighted by Crippen LogP contribution is -2.15. The number of nitrogens with one attached hydrogen (secondary N) is 1. The van der Waals surface area contributed by atoms with Crippen LogP contribution in [0.2, 0.25) is 0 Å². The molecule has 0 fully saturated rings. The fourth-order valence-electron chi connectivity index (χ4n) is 3.17. The van der Waals surface area contributed by atoms with E-state index in [-0.39, 0.29) is 17.3 Å². The Morgan fingerprint density at radius 3 is 2.84 bits per heavy atom. The highest BCUT2D eigenvalue weighted by Gasteiger charge is 2.18. The van der Waals surface area contributed by atoms with Gasteiger partial charge in [0, 0.05) is 29.2 Å². The number of thioether (sulfide) groups is 1. The number of rotatable bonds is 8. The minimum Gasteiger partial charge on any atom is -0.453 e. The van der Waals surface area contributed by atoms with Crippen LogP contribution in [0.4, 0.5) is 11.4 Å². The molecule has 0 unspecified atom stereocenters. The van der Waals surface area contributed by atoms with Crippen molar-refractivity contribution >= 4 is 40.0 Å². The summed E-state index contributed by atoms with van der Waals surface area (Å²) in [5.74, 6) is 0.852. The molecule has 162 valence electrons. The second-order valence-corrected chi connectivity index (χ2v) is 7.89. The number of carbonyl (C=O) groups is 1. The molecule has 2 aromatic carbocycles. The number of benzene rings is 2. The van der Waals surface area contributed by atoms with Crippen LogP contribution in [0.1, 0.15) is 5.56 Å². The molecule has 0 saturated heterocycles. The molecule has 9 nitrogen and oxygen atoms in total. The number of nitro groups is 1. The van der Waals surface area contributed by atoms with Crippen molar-refractivity contribution in [1.29, 1.82) is 0 Å². The number of hydrogen-bond donors (Lipinski definition) is 1. The van der Waals surface area contributed by atoms with Gasteiger partial charge in [0.05, 0.1) is 10.7 Å². The Hall–Kier alpha value is -3.92. The van der Waals surface area contributed by atoms with E-state index in [9.17, 15) is 14.9 Å². The standard InChI is InChI=1S/C22H19N5O4S/c1-3-10-26-21(19-11-15-6-4-5-7-18(15)31-19)24-25-22(26)32-13-20(28)23-16-9-8-14(2)17(12-16)27(29)30/h3-9,11-12H,1,10,13H2,2H3,(H,23,28). The number of allylic oxidation sites excluding steroid dienone is 1. The Balaban J connectivity index is 1.50. The van der Waals surface area contributed by atoms with Crippen LogP contribution in [-0.4, -0.2) is 31.3 Å². The number of carbonyl (C=O) groups excluding carboxylic acids is 1. The number of para-hydroxylation sites is 1. The van der Waals surface area contributed by atoms with Gasteiger partial charge in [0.25, 0.3) is 5.69 Å². The number of anilines is 1. The van der Waals surface area contributed by atoms with E-state index in [0.717, 1.165) is 11.0 Å². The summed E-state index contributed by atoms with van der Waals surface area (Å²) in [5.41, 5.74) is 1.59. The number of nitrogens with zero attached hydrogens (tertiary/aromatic N) is 4. The van der Waals surface area contributed by atoms with Crippen LogP contribution in [0, 0.1) is 17.0 Å². The number of nitro benzene ring substituents is 1. The number of hydrogen-bond acceptors (Lipinski definition) is 7. The third kappa shape index (κ3) is 4.40. The van der Waals surface area contributed by atoms with E-state index in [2.05, 4.69) is 22.1 Å². The van der Waals surface area contributed by atoms with Gasteiger partial charge in [-0.1, -0.05) is 42.1 Å². The molecule has 32 heavy (non-hydrogen) atoms. The fraction of sp³-hybridized carbons (Fsp3) is 0.136. The van der Waals surface area contributed by atoms with Crippen LogP contribution >= 0.6 is 11.8 Å². The van der Waals surface area contributed by atoms with E-state index in [0.29, 0.717) is 34.5 Å². The molecule has 1 N–H and O–H groups in total. The Bertz CT molecular complexity index is 1290. The van der Waals surface area contributed by atoms with E-state index in [1.807, 2.05) is 34.9 Å². The summed E-state index contributed by atoms with van der Waals surface area (Å²) in [4.78, 5) is 23.0. The summed E-state index contributed by atoms with van der Waals surface area (Å²) in [6, 6.07) is 14.1. The molecule has 2 heterocycles. The third-order valence-electron chi connectivity index (χ3n) is 4.70. The monoisotopic (exact) mass is 449 g/mol. The van der Waals surface area contributed by atoms with Crippen molar-refractivity contribution < 1.29 is 14.1 Å². The van der Waals surface area contributed by atoms with E-state index in [1.54, 1.807) is 25.1 Å². The topological polar surface area (TPSA) is 116 Å². The Kier molecular flexibility index (Phi) is 6.04. The molecule has 0 bridgehead atoms. The second-order valence-electron chi connectivity index (χ2n) is 6.95. The van der Waals surface area contributed by atoms with Crippen molar-refractivity contribution in [2.24, 2.45) is 0 Å². The van der Waals surface area contributed by atoms with Crippen LogP contribution in [0.15, 0.2) is 70.8 Å². The molecule has 4 aromatic rings. The zero-order chi connectivity index (χ0) is 22.7. The summed E-state index contributed by atoms with van der Waals surface area (Å²) in [7, 11) is 0. The largest absolute Gasteiger partial charge is 0.453 e. The summed E-state index contributed by atoms with van der Waals surface area (Å²) in [5, 5.41) is 23.7. The first-order valence-corrected chi connectivity index (χ1v) is 10.7. The Labute approximate surface area is 187 Å². The first kappa shape index (κ1) is 21.3. The summed E-state index contributed by atoms with van der Waals surface area (Å²) in [6.45, 7) is 5.87. The molecule has 2 aromatic heterocycles. The average molecular weight is 449 g/mol. The summed E-state index contributed by atoms with van der Waals surface area (Å²) >= 11 is 1.20. The van der Waals surface area contributed by atoms with Crippen molar-refractivity contribution in [1.82, 2.24) is 14.8 Å². The zero-order valence-corrected chi connectivity index (χ0v) is 18.0. The van der Waals surface area contributed by atoms with Crippen LogP contribution in [0.5, 0.6) is 0 Å². The lowest BCUT2D eigenvalue weighted by Gasteiger charge is -2.07. The van der Waals surface area contributed by atoms with Gasteiger partial charge < -0.3 is 9.73 Å². The molecule has 0 spiro atoms. The van der Waals surface area contributed by atoms with Crippen LogP contribution in [0.3, 0.4) is 0 Å². The van der Waals surface area contributed by atoms with Crippen molar-refractivity contribution in [3.8, 4) is 11.6 Å². The number of aromatic nitrogens is 3. The minimum absolute atomic E-state index is 0.0448. The van der Waals surface area contributed by atoms with E-state index in [4.69, 9.17) is 4.42 Å². The molecular weight excluding hydrogens is 430 g/mol. The van der Waals surface area contributed by atoms with E-state index in [1.165, 1.54) is 17.8 Å². The van der Waals surface area contributed by atoms with Gasteiger partial charge in [-0.05, 0) is 25.1 Å². The van der Waals surface area contributed by atoms with Crippen LogP contribution in [0.25, 0.3) is 22.6 Å². The number of amides is 1. The van der Waals surface area contributed by atoms with Crippen molar-refractivity contribution in [2.75, 3.05) is 11.1 Å². The average Bonchev–Trinajstić information content (AvgIpc) is 3.37. The quantitative estimate of drug-likeness (QED) is 0.177. The van der Waals surface area contributed by atoms with Crippen molar-refractivity contribution in [3.63, 3.8) is 0 Å². The van der Waals surface area contributed by atoms with Gasteiger partial charge in [-0.2, -0.15) is 0 Å². The molecule has 0 aliphatic heterocycles. The second kappa shape index (κ2) is 9.06. The predicted molar refractivity (Wildman–Crippen MR) is 123 cm³/mol. The van der Waals surface area contributed by atoms with Gasteiger partial charge in [0.2, 0.25) is 11.7 Å². The molecule has 4 rings (SSSR count). The van der Waals surface area contributed by atoms with Crippen LogP contribution < -0.4 is 5.32 Å². The number of aryl methyl sites for hydroxylation is 1. The molecular formula is C22H19N5O4S. The molecule has 0 radical (unpaired) electrons. The fourth-order valence-corrected chi connectivity index (χ4v) is 3.92. The highest BCUT2D eigenvalue weighted by Crippen LogP contribution is 2.29. The normalized spacial score (nSPS) is 10.9. The maximum Gasteiger partial charge on any atom is 0.274 e. The highest BCUT2D eigenvalue weighted by molar-refractivity contribution is 7.99. The van der Waals surface area contributed by atoms with Crippen molar-refractivity contribution in [3.05, 3.63) is 76.9 Å². The summed E-state index contributed by atoms with van der Waals surface area (Å²) in [6.07, 6.45) is 1.71. The van der Waals surface area contributed by atoms with Gasteiger partial charge in [-0.25, -0.2) is 0 Å². The SMILES string of the molecule is C=CCn1c(SCC(=O)Nc2ccc(C)c([N+](=O)[O-])c2)nnc1-c1cc2ccccc2o1. The summed E-state index contributed by atoms with van der Waals surface area (Å²) < 4.78 is 7.72. The lowest BCUT2D eigenvalue weighted by atomic mass is 10.2. The zero-order valence-electron chi connectivity index (χ0n) is 17.1. The number of fused-ring (bicyclic) bond motifs is 1. The molecule has 0 aliphatic carbocycles. The van der Waals surface area contributed by atoms with Gasteiger partial charge in [0.1, 0.15) is 5.58 Å². The number of furan rings is 1. The van der Waals surface area contributed by atoms with Gasteiger partial charge in [0.15, 0.2) is 10.9 Å². The predicted octanol–water partition coefficient (Wildman–Crippen LogP) is 4.82. The van der Waals surface area contributed by atoms with Crippen molar-refractivity contribution in [2.45, 2.75) is 18.6 Å². The van der Waals surface area contributed by atoms with Crippen LogP contribution in [-0.2, 0) is 11.3 Å². The lowest BCUT2D eigenvalue weighted by molar-refractivity contribution is -0.385. The van der Waals surface area contributed by atoms with Gasteiger partial charge >= 0.3 is 0 Å². The van der Waals surface area contributed by atoms with Gasteiger partial charge in [-0.3, -0.25) is 19.5 Å². The molecule has 0 aliphatic rings. The Morgan fingerprint density at radius 1 is 1.28 bits per heavy atom. The molecule has 10 heteroatoms. The minimum atomic E-state index is -0.475. The Morgan fingerprint density at radius 2 is 2.09 bits per heavy atom.